The highest BCUT2D eigenvalue weighted by atomic mass is 16.7. The van der Waals surface area contributed by atoms with Gasteiger partial charge in [-0.15, -0.1) is 0 Å². The highest BCUT2D eigenvalue weighted by Crippen LogP contribution is 2.35. The maximum absolute atomic E-state index is 13.3. The summed E-state index contributed by atoms with van der Waals surface area (Å²) in [5.74, 6) is -0.569. The van der Waals surface area contributed by atoms with Crippen molar-refractivity contribution in [2.24, 2.45) is 0 Å². The van der Waals surface area contributed by atoms with E-state index in [0.29, 0.717) is 17.0 Å². The molecule has 200 valence electrons. The quantitative estimate of drug-likeness (QED) is 0.201. The van der Waals surface area contributed by atoms with Crippen LogP contribution in [0.3, 0.4) is 0 Å². The molecule has 0 saturated carbocycles. The second-order valence-electron chi connectivity index (χ2n) is 10.4. The normalized spacial score (nSPS) is 11.3. The van der Waals surface area contributed by atoms with E-state index in [-0.39, 0.29) is 17.0 Å². The second-order valence-corrected chi connectivity index (χ2v) is 10.4. The Labute approximate surface area is 222 Å². The summed E-state index contributed by atoms with van der Waals surface area (Å²) in [6.07, 6.45) is 1.37. The number of esters is 1. The van der Waals surface area contributed by atoms with Crippen LogP contribution >= 0.6 is 0 Å². The third kappa shape index (κ3) is 7.80. The van der Waals surface area contributed by atoms with Gasteiger partial charge < -0.3 is 18.9 Å². The van der Waals surface area contributed by atoms with Crippen LogP contribution in [-0.4, -0.2) is 34.4 Å². The Kier molecular flexibility index (Phi) is 8.40. The van der Waals surface area contributed by atoms with Crippen LogP contribution in [0.4, 0.5) is 21.0 Å². The number of rotatable bonds is 5. The maximum atomic E-state index is 13.3. The number of carbonyl (C=O) groups is 3. The zero-order valence-electron chi connectivity index (χ0n) is 22.6. The number of hydrogen-bond acceptors (Lipinski definition) is 8. The first-order valence-electron chi connectivity index (χ1n) is 12.0. The monoisotopic (exact) mass is 520 g/mol. The molecule has 1 heterocycles. The number of ether oxygens (including phenoxy) is 4. The number of amides is 1. The maximum Gasteiger partial charge on any atom is 0.514 e. The van der Waals surface area contributed by atoms with Gasteiger partial charge in [0.2, 0.25) is 0 Å². The molecule has 9 heteroatoms. The highest BCUT2D eigenvalue weighted by Gasteiger charge is 2.29. The average molecular weight is 521 g/mol. The minimum atomic E-state index is -1.02. The molecule has 3 aromatic rings. The molecule has 0 radical (unpaired) electrons. The number of aromatic nitrogens is 1. The van der Waals surface area contributed by atoms with Gasteiger partial charge in [-0.1, -0.05) is 18.2 Å². The van der Waals surface area contributed by atoms with Gasteiger partial charge >= 0.3 is 18.2 Å². The molecule has 0 spiro atoms. The molecule has 0 aliphatic heterocycles. The predicted octanol–water partition coefficient (Wildman–Crippen LogP) is 7.00. The molecule has 3 rings (SSSR count). The van der Waals surface area contributed by atoms with Crippen LogP contribution in [0.1, 0.15) is 57.5 Å². The minimum Gasteiger partial charge on any atom is -0.443 e. The van der Waals surface area contributed by atoms with Gasteiger partial charge in [-0.25, -0.2) is 19.3 Å². The number of carbonyl (C=O) groups excluding carboxylic acids is 3. The van der Waals surface area contributed by atoms with E-state index < -0.39 is 29.4 Å². The largest absolute Gasteiger partial charge is 0.514 e. The average Bonchev–Trinajstić information content (AvgIpc) is 2.78. The molecule has 2 aromatic carbocycles. The Morgan fingerprint density at radius 3 is 1.95 bits per heavy atom. The fraction of sp³-hybridized carbons (Fsp3) is 0.310. The molecule has 38 heavy (non-hydrogen) atoms. The lowest BCUT2D eigenvalue weighted by molar-refractivity contribution is 0.0204. The first-order chi connectivity index (χ1) is 17.7. The standard InChI is InChI=1S/C29H32N2O7/c1-19-17-21(31(20-13-15-30-16-14-20)26(33)37-28(2,3)4)18-23(36-27(34)38-29(5,6)7)24(19)25(32)35-22-11-9-8-10-12-22/h8-18H,1-7H3. The summed E-state index contributed by atoms with van der Waals surface area (Å²) in [7, 11) is 0. The first kappa shape index (κ1) is 28.2. The van der Waals surface area contributed by atoms with E-state index in [1.54, 1.807) is 97.0 Å². The van der Waals surface area contributed by atoms with Gasteiger partial charge in [0, 0.05) is 18.5 Å². The van der Waals surface area contributed by atoms with Crippen LogP contribution < -0.4 is 14.4 Å². The van der Waals surface area contributed by atoms with E-state index in [0.717, 1.165) is 0 Å². The van der Waals surface area contributed by atoms with Crippen molar-refractivity contribution < 1.29 is 33.3 Å². The number of anilines is 2. The van der Waals surface area contributed by atoms with Crippen LogP contribution in [0, 0.1) is 6.92 Å². The van der Waals surface area contributed by atoms with E-state index >= 15 is 0 Å². The van der Waals surface area contributed by atoms with Crippen LogP contribution in [0.2, 0.25) is 0 Å². The van der Waals surface area contributed by atoms with Gasteiger partial charge in [-0.2, -0.15) is 0 Å². The Morgan fingerprint density at radius 2 is 1.37 bits per heavy atom. The van der Waals surface area contributed by atoms with Crippen LogP contribution in [0.5, 0.6) is 11.5 Å². The summed E-state index contributed by atoms with van der Waals surface area (Å²) < 4.78 is 22.0. The number of para-hydroxylation sites is 1. The zero-order chi connectivity index (χ0) is 28.1. The van der Waals surface area contributed by atoms with Crippen LogP contribution in [-0.2, 0) is 9.47 Å². The zero-order valence-corrected chi connectivity index (χ0v) is 22.6. The van der Waals surface area contributed by atoms with Crippen LogP contribution in [0.25, 0.3) is 0 Å². The molecule has 0 aliphatic carbocycles. The summed E-state index contributed by atoms with van der Waals surface area (Å²) in [6, 6.07) is 14.8. The molecule has 1 aromatic heterocycles. The lowest BCUT2D eigenvalue weighted by Gasteiger charge is -2.28. The van der Waals surface area contributed by atoms with Gasteiger partial charge in [-0.3, -0.25) is 4.98 Å². The SMILES string of the molecule is Cc1cc(N(C(=O)OC(C)(C)C)c2ccncc2)cc(OC(=O)OC(C)(C)C)c1C(=O)Oc1ccccc1. The fourth-order valence-corrected chi connectivity index (χ4v) is 3.38. The Hall–Kier alpha value is -4.40. The van der Waals surface area contributed by atoms with E-state index in [1.165, 1.54) is 23.4 Å². The molecule has 1 amide bonds. The highest BCUT2D eigenvalue weighted by molar-refractivity contribution is 6.00. The Balaban J connectivity index is 2.13. The number of pyridine rings is 1. The summed E-state index contributed by atoms with van der Waals surface area (Å²) >= 11 is 0. The van der Waals surface area contributed by atoms with E-state index in [1.807, 2.05) is 0 Å². The third-order valence-corrected chi connectivity index (χ3v) is 4.78. The van der Waals surface area contributed by atoms with Gasteiger partial charge in [-0.05, 0) is 84.4 Å². The Bertz CT molecular complexity index is 1290. The molecule has 0 saturated heterocycles. The van der Waals surface area contributed by atoms with Gasteiger partial charge in [0.25, 0.3) is 0 Å². The van der Waals surface area contributed by atoms with Crippen molar-refractivity contribution in [2.75, 3.05) is 4.90 Å². The van der Waals surface area contributed by atoms with Crippen molar-refractivity contribution in [1.29, 1.82) is 0 Å². The lowest BCUT2D eigenvalue weighted by atomic mass is 10.1. The molecule has 0 fully saturated rings. The molecular weight excluding hydrogens is 488 g/mol. The minimum absolute atomic E-state index is 0.00216. The third-order valence-electron chi connectivity index (χ3n) is 4.78. The summed E-state index contributed by atoms with van der Waals surface area (Å²) in [4.78, 5) is 44.5. The summed E-state index contributed by atoms with van der Waals surface area (Å²) in [5, 5.41) is 0. The summed E-state index contributed by atoms with van der Waals surface area (Å²) in [5.41, 5.74) is -0.484. The van der Waals surface area contributed by atoms with Crippen molar-refractivity contribution >= 4 is 29.6 Å². The lowest BCUT2D eigenvalue weighted by Crippen LogP contribution is -2.34. The van der Waals surface area contributed by atoms with Crippen molar-refractivity contribution in [2.45, 2.75) is 59.7 Å². The topological polar surface area (TPSA) is 104 Å². The predicted molar refractivity (Wildman–Crippen MR) is 142 cm³/mol. The molecule has 0 N–H and O–H groups in total. The van der Waals surface area contributed by atoms with Crippen molar-refractivity contribution in [3.05, 3.63) is 78.1 Å². The van der Waals surface area contributed by atoms with Gasteiger partial charge in [0.05, 0.1) is 11.4 Å². The van der Waals surface area contributed by atoms with Crippen LogP contribution in [0.15, 0.2) is 67.0 Å². The number of nitrogens with zero attached hydrogens (tertiary/aromatic N) is 2. The van der Waals surface area contributed by atoms with E-state index in [9.17, 15) is 14.4 Å². The molecule has 0 unspecified atom stereocenters. The fourth-order valence-electron chi connectivity index (χ4n) is 3.38. The van der Waals surface area contributed by atoms with Gasteiger partial charge in [0.1, 0.15) is 22.5 Å². The number of benzene rings is 2. The van der Waals surface area contributed by atoms with Crippen molar-refractivity contribution in [1.82, 2.24) is 4.98 Å². The molecule has 0 atom stereocenters. The number of aryl methyl sites for hydroxylation is 1. The van der Waals surface area contributed by atoms with E-state index in [2.05, 4.69) is 4.98 Å². The second kappa shape index (κ2) is 11.3. The molecule has 0 aliphatic rings. The summed E-state index contributed by atoms with van der Waals surface area (Å²) in [6.45, 7) is 12.0. The van der Waals surface area contributed by atoms with Crippen molar-refractivity contribution in [3.63, 3.8) is 0 Å². The Morgan fingerprint density at radius 1 is 0.763 bits per heavy atom. The smallest absolute Gasteiger partial charge is 0.443 e. The number of hydrogen-bond donors (Lipinski definition) is 0. The molecule has 0 bridgehead atoms. The van der Waals surface area contributed by atoms with Gasteiger partial charge in [0.15, 0.2) is 5.75 Å². The van der Waals surface area contributed by atoms with Crippen molar-refractivity contribution in [3.8, 4) is 11.5 Å². The first-order valence-corrected chi connectivity index (χ1v) is 12.0. The molecule has 9 nitrogen and oxygen atoms in total. The van der Waals surface area contributed by atoms with E-state index in [4.69, 9.17) is 18.9 Å². The molecular formula is C29H32N2O7.